The van der Waals surface area contributed by atoms with E-state index in [1.54, 1.807) is 0 Å². The highest BCUT2D eigenvalue weighted by atomic mass is 15.0. The molecule has 9 rings (SSSR count). The Labute approximate surface area is 266 Å². The fraction of sp³-hybridized carbons (Fsp3) is 0. The van der Waals surface area contributed by atoms with Crippen molar-refractivity contribution in [2.75, 3.05) is 0 Å². The van der Waals surface area contributed by atoms with Gasteiger partial charge < -0.3 is 9.13 Å². The Morgan fingerprint density at radius 1 is 0.413 bits per heavy atom. The van der Waals surface area contributed by atoms with Crippen LogP contribution in [0.15, 0.2) is 170 Å². The van der Waals surface area contributed by atoms with Crippen molar-refractivity contribution in [3.63, 3.8) is 0 Å². The molecule has 0 unspecified atom stereocenters. The standard InChI is InChI=1S/C42H28N4/c1-4-12-29(13-5-1)37-28-38(30-14-6-2-7-15-30)44-42(43-37)32-20-23-33(24-21-32)45-27-26-31-22-25-36-35-18-10-11-19-39(35)46(41(36)40(31)45)34-16-8-3-9-17-34/h1-28H. The molecule has 0 N–H and O–H groups in total. The SMILES string of the molecule is c1ccc(-c2cc(-c3ccccc3)nc(-c3ccc(-n4ccc5ccc6c7ccccc7n(-c7ccccc7)c6c54)cc3)n2)cc1. The van der Waals surface area contributed by atoms with Gasteiger partial charge in [0, 0.05) is 50.4 Å². The highest BCUT2D eigenvalue weighted by Gasteiger charge is 2.18. The number of para-hydroxylation sites is 2. The van der Waals surface area contributed by atoms with Crippen LogP contribution in [0.2, 0.25) is 0 Å². The molecule has 0 saturated heterocycles. The molecule has 0 spiro atoms. The van der Waals surface area contributed by atoms with Crippen molar-refractivity contribution in [1.82, 2.24) is 19.1 Å². The summed E-state index contributed by atoms with van der Waals surface area (Å²) in [6, 6.07) is 57.3. The van der Waals surface area contributed by atoms with E-state index in [0.29, 0.717) is 5.82 Å². The van der Waals surface area contributed by atoms with Crippen molar-refractivity contribution in [3.05, 3.63) is 170 Å². The molecule has 0 bridgehead atoms. The van der Waals surface area contributed by atoms with Crippen molar-refractivity contribution in [1.29, 1.82) is 0 Å². The Balaban J connectivity index is 1.21. The lowest BCUT2D eigenvalue weighted by Gasteiger charge is -2.12. The van der Waals surface area contributed by atoms with E-state index in [-0.39, 0.29) is 0 Å². The third-order valence-corrected chi connectivity index (χ3v) is 8.77. The molecule has 0 saturated carbocycles. The highest BCUT2D eigenvalue weighted by molar-refractivity contribution is 6.18. The molecule has 0 aliphatic carbocycles. The first-order valence-corrected chi connectivity index (χ1v) is 15.5. The molecule has 9 aromatic rings. The van der Waals surface area contributed by atoms with Crippen molar-refractivity contribution in [2.24, 2.45) is 0 Å². The van der Waals surface area contributed by atoms with E-state index in [9.17, 15) is 0 Å². The highest BCUT2D eigenvalue weighted by Crippen LogP contribution is 2.38. The number of aromatic nitrogens is 4. The summed E-state index contributed by atoms with van der Waals surface area (Å²) in [6.45, 7) is 0. The average molecular weight is 589 g/mol. The molecule has 0 aliphatic heterocycles. The molecule has 0 amide bonds. The van der Waals surface area contributed by atoms with Gasteiger partial charge >= 0.3 is 0 Å². The summed E-state index contributed by atoms with van der Waals surface area (Å²) in [4.78, 5) is 10.1. The Morgan fingerprint density at radius 3 is 1.70 bits per heavy atom. The summed E-state index contributed by atoms with van der Waals surface area (Å²) in [6.07, 6.45) is 2.17. The van der Waals surface area contributed by atoms with Gasteiger partial charge in [-0.05, 0) is 54.6 Å². The third-order valence-electron chi connectivity index (χ3n) is 8.77. The summed E-state index contributed by atoms with van der Waals surface area (Å²) in [5.74, 6) is 0.704. The first-order valence-electron chi connectivity index (χ1n) is 15.5. The van der Waals surface area contributed by atoms with Crippen LogP contribution in [0.3, 0.4) is 0 Å². The van der Waals surface area contributed by atoms with Gasteiger partial charge in [-0.1, -0.05) is 109 Å². The largest absolute Gasteiger partial charge is 0.315 e. The van der Waals surface area contributed by atoms with Gasteiger partial charge in [-0.3, -0.25) is 0 Å². The van der Waals surface area contributed by atoms with Crippen LogP contribution in [0.4, 0.5) is 0 Å². The first kappa shape index (κ1) is 26.2. The van der Waals surface area contributed by atoms with Crippen molar-refractivity contribution in [2.45, 2.75) is 0 Å². The van der Waals surface area contributed by atoms with E-state index in [2.05, 4.69) is 143 Å². The second-order valence-electron chi connectivity index (χ2n) is 11.5. The smallest absolute Gasteiger partial charge is 0.160 e. The third kappa shape index (κ3) is 4.31. The molecule has 3 heterocycles. The Bertz CT molecular complexity index is 2430. The number of nitrogens with zero attached hydrogens (tertiary/aromatic N) is 4. The molecule has 0 atom stereocenters. The molecule has 0 radical (unpaired) electrons. The van der Waals surface area contributed by atoms with E-state index in [1.165, 1.54) is 32.7 Å². The lowest BCUT2D eigenvalue weighted by molar-refractivity contribution is 1.11. The first-order chi connectivity index (χ1) is 22.8. The quantitative estimate of drug-likeness (QED) is 0.200. The lowest BCUT2D eigenvalue weighted by atomic mass is 10.1. The van der Waals surface area contributed by atoms with Crippen LogP contribution >= 0.6 is 0 Å². The summed E-state index contributed by atoms with van der Waals surface area (Å²) >= 11 is 0. The van der Waals surface area contributed by atoms with Gasteiger partial charge in [-0.25, -0.2) is 9.97 Å². The van der Waals surface area contributed by atoms with Gasteiger partial charge in [0.1, 0.15) is 0 Å². The van der Waals surface area contributed by atoms with Crippen LogP contribution in [0, 0.1) is 0 Å². The predicted molar refractivity (Wildman–Crippen MR) is 190 cm³/mol. The van der Waals surface area contributed by atoms with Gasteiger partial charge in [-0.15, -0.1) is 0 Å². The molecular formula is C42H28N4. The van der Waals surface area contributed by atoms with Crippen LogP contribution in [-0.2, 0) is 0 Å². The summed E-state index contributed by atoms with van der Waals surface area (Å²) < 4.78 is 4.70. The van der Waals surface area contributed by atoms with E-state index in [4.69, 9.17) is 9.97 Å². The number of rotatable bonds is 5. The second-order valence-corrected chi connectivity index (χ2v) is 11.5. The van der Waals surface area contributed by atoms with Gasteiger partial charge in [0.15, 0.2) is 5.82 Å². The van der Waals surface area contributed by atoms with Crippen LogP contribution < -0.4 is 0 Å². The minimum Gasteiger partial charge on any atom is -0.315 e. The molecule has 3 aromatic heterocycles. The molecule has 4 nitrogen and oxygen atoms in total. The van der Waals surface area contributed by atoms with Crippen LogP contribution in [0.1, 0.15) is 0 Å². The normalized spacial score (nSPS) is 11.5. The van der Waals surface area contributed by atoms with E-state index in [1.807, 2.05) is 36.4 Å². The minimum atomic E-state index is 0.704. The molecular weight excluding hydrogens is 560 g/mol. The van der Waals surface area contributed by atoms with E-state index < -0.39 is 0 Å². The number of benzene rings is 6. The number of hydrogen-bond acceptors (Lipinski definition) is 2. The summed E-state index contributed by atoms with van der Waals surface area (Å²) in [5.41, 5.74) is 10.7. The maximum absolute atomic E-state index is 5.03. The maximum Gasteiger partial charge on any atom is 0.160 e. The van der Waals surface area contributed by atoms with Crippen LogP contribution in [0.25, 0.3) is 78.0 Å². The molecule has 216 valence electrons. The lowest BCUT2D eigenvalue weighted by Crippen LogP contribution is -1.98. The van der Waals surface area contributed by atoms with Gasteiger partial charge in [0.05, 0.1) is 27.9 Å². The van der Waals surface area contributed by atoms with Gasteiger partial charge in [0.2, 0.25) is 0 Å². The Hall–Kier alpha value is -6.26. The van der Waals surface area contributed by atoms with Crippen molar-refractivity contribution in [3.8, 4) is 45.3 Å². The average Bonchev–Trinajstić information content (AvgIpc) is 3.72. The Morgan fingerprint density at radius 2 is 1.02 bits per heavy atom. The van der Waals surface area contributed by atoms with Crippen LogP contribution in [0.5, 0.6) is 0 Å². The fourth-order valence-electron chi connectivity index (χ4n) is 6.59. The minimum absolute atomic E-state index is 0.704. The zero-order chi connectivity index (χ0) is 30.5. The van der Waals surface area contributed by atoms with Gasteiger partial charge in [0.25, 0.3) is 0 Å². The second kappa shape index (κ2) is 10.7. The predicted octanol–water partition coefficient (Wildman–Crippen LogP) is 10.5. The summed E-state index contributed by atoms with van der Waals surface area (Å²) in [7, 11) is 0. The van der Waals surface area contributed by atoms with E-state index in [0.717, 1.165) is 39.5 Å². The Kier molecular flexibility index (Phi) is 6.10. The van der Waals surface area contributed by atoms with Crippen LogP contribution in [-0.4, -0.2) is 19.1 Å². The maximum atomic E-state index is 5.03. The van der Waals surface area contributed by atoms with Gasteiger partial charge in [-0.2, -0.15) is 0 Å². The monoisotopic (exact) mass is 588 g/mol. The molecule has 0 fully saturated rings. The molecule has 6 aromatic carbocycles. The summed E-state index contributed by atoms with van der Waals surface area (Å²) in [5, 5.41) is 3.68. The molecule has 0 aliphatic rings. The zero-order valence-electron chi connectivity index (χ0n) is 25.0. The topological polar surface area (TPSA) is 35.6 Å². The number of fused-ring (bicyclic) bond motifs is 5. The molecule has 46 heavy (non-hydrogen) atoms. The van der Waals surface area contributed by atoms with E-state index >= 15 is 0 Å². The fourth-order valence-corrected chi connectivity index (χ4v) is 6.59. The van der Waals surface area contributed by atoms with Crippen molar-refractivity contribution < 1.29 is 0 Å². The molecule has 4 heteroatoms. The zero-order valence-corrected chi connectivity index (χ0v) is 25.0. The number of hydrogen-bond donors (Lipinski definition) is 0. The van der Waals surface area contributed by atoms with Crippen molar-refractivity contribution >= 4 is 32.7 Å².